The van der Waals surface area contributed by atoms with Crippen LogP contribution in [0.1, 0.15) is 29.8 Å². The first kappa shape index (κ1) is 18.2. The van der Waals surface area contributed by atoms with Crippen molar-refractivity contribution >= 4 is 18.3 Å². The van der Waals surface area contributed by atoms with E-state index < -0.39 is 0 Å². The van der Waals surface area contributed by atoms with Gasteiger partial charge >= 0.3 is 0 Å². The van der Waals surface area contributed by atoms with Crippen molar-refractivity contribution in [2.24, 2.45) is 0 Å². The number of amides is 1. The Balaban J connectivity index is 0.00000242. The van der Waals surface area contributed by atoms with Crippen molar-refractivity contribution in [1.82, 2.24) is 20.4 Å². The van der Waals surface area contributed by atoms with Gasteiger partial charge in [0.25, 0.3) is 5.91 Å². The molecule has 0 aliphatic carbocycles. The fourth-order valence-electron chi connectivity index (χ4n) is 2.09. The molecule has 0 fully saturated rings. The van der Waals surface area contributed by atoms with E-state index in [0.29, 0.717) is 12.1 Å². The van der Waals surface area contributed by atoms with Gasteiger partial charge in [0.1, 0.15) is 0 Å². The van der Waals surface area contributed by atoms with E-state index in [-0.39, 0.29) is 24.4 Å². The van der Waals surface area contributed by atoms with Crippen molar-refractivity contribution in [2.45, 2.75) is 26.8 Å². The molecule has 0 saturated heterocycles. The number of aromatic nitrogens is 2. The molecule has 2 N–H and O–H groups in total. The van der Waals surface area contributed by atoms with E-state index in [1.807, 2.05) is 57.4 Å². The van der Waals surface area contributed by atoms with Gasteiger partial charge < -0.3 is 10.6 Å². The predicted molar refractivity (Wildman–Crippen MR) is 91.0 cm³/mol. The maximum absolute atomic E-state index is 12.0. The van der Waals surface area contributed by atoms with Gasteiger partial charge in [-0.15, -0.1) is 12.4 Å². The number of aryl methyl sites for hydroxylation is 1. The van der Waals surface area contributed by atoms with E-state index in [9.17, 15) is 4.79 Å². The zero-order valence-corrected chi connectivity index (χ0v) is 14.0. The minimum absolute atomic E-state index is 0. The van der Waals surface area contributed by atoms with Crippen LogP contribution >= 0.6 is 12.4 Å². The zero-order chi connectivity index (χ0) is 15.2. The summed E-state index contributed by atoms with van der Waals surface area (Å²) in [4.78, 5) is 12.0. The Morgan fingerprint density at radius 1 is 1.32 bits per heavy atom. The maximum atomic E-state index is 12.0. The van der Waals surface area contributed by atoms with Crippen LogP contribution in [0.2, 0.25) is 0 Å². The van der Waals surface area contributed by atoms with Crippen LogP contribution in [0.25, 0.3) is 5.69 Å². The molecule has 0 aliphatic rings. The number of likely N-dealkylation sites (N-methyl/N-ethyl adjacent to an activating group) is 1. The molecule has 1 aromatic carbocycles. The molecule has 22 heavy (non-hydrogen) atoms. The lowest BCUT2D eigenvalue weighted by atomic mass is 10.2. The molecule has 0 spiro atoms. The highest BCUT2D eigenvalue weighted by Gasteiger charge is 2.07. The largest absolute Gasteiger partial charge is 0.350 e. The molecule has 1 aromatic heterocycles. The quantitative estimate of drug-likeness (QED) is 0.858. The van der Waals surface area contributed by atoms with Gasteiger partial charge in [-0.3, -0.25) is 4.79 Å². The van der Waals surface area contributed by atoms with Crippen molar-refractivity contribution in [3.05, 3.63) is 47.8 Å². The SMILES string of the molecule is CCN[C@H](C)CNC(=O)c1ccc(-n2cc(C)cn2)cc1.Cl. The standard InChI is InChI=1S/C16H22N4O.ClH/c1-4-17-13(3)10-18-16(21)14-5-7-15(8-6-14)20-11-12(2)9-19-20;/h5-9,11,13,17H,4,10H2,1-3H3,(H,18,21);1H/t13-;/m1./s1. The molecular weight excluding hydrogens is 300 g/mol. The van der Waals surface area contributed by atoms with Gasteiger partial charge in [0.05, 0.1) is 11.9 Å². The van der Waals surface area contributed by atoms with Gasteiger partial charge in [-0.1, -0.05) is 6.92 Å². The van der Waals surface area contributed by atoms with Gasteiger partial charge in [0.15, 0.2) is 0 Å². The summed E-state index contributed by atoms with van der Waals surface area (Å²) in [5.74, 6) is -0.0528. The predicted octanol–water partition coefficient (Wildman–Crippen LogP) is 2.33. The van der Waals surface area contributed by atoms with E-state index in [2.05, 4.69) is 15.7 Å². The summed E-state index contributed by atoms with van der Waals surface area (Å²) in [5, 5.41) is 10.4. The highest BCUT2D eigenvalue weighted by molar-refractivity contribution is 5.94. The molecule has 5 nitrogen and oxygen atoms in total. The average molecular weight is 323 g/mol. The molecule has 0 unspecified atom stereocenters. The molecule has 120 valence electrons. The van der Waals surface area contributed by atoms with Crippen LogP contribution in [0.5, 0.6) is 0 Å². The first-order chi connectivity index (χ1) is 10.1. The first-order valence-electron chi connectivity index (χ1n) is 7.23. The maximum Gasteiger partial charge on any atom is 0.251 e. The molecule has 0 saturated carbocycles. The van der Waals surface area contributed by atoms with Crippen LogP contribution in [0.3, 0.4) is 0 Å². The van der Waals surface area contributed by atoms with Gasteiger partial charge in [-0.05, 0) is 50.2 Å². The third kappa shape index (κ3) is 4.86. The van der Waals surface area contributed by atoms with Gasteiger partial charge in [-0.2, -0.15) is 5.10 Å². The lowest BCUT2D eigenvalue weighted by Gasteiger charge is -2.13. The van der Waals surface area contributed by atoms with Crippen LogP contribution < -0.4 is 10.6 Å². The Morgan fingerprint density at radius 2 is 2.00 bits per heavy atom. The van der Waals surface area contributed by atoms with E-state index in [0.717, 1.165) is 17.8 Å². The Kier molecular flexibility index (Phi) is 7.08. The van der Waals surface area contributed by atoms with E-state index in [1.165, 1.54) is 0 Å². The number of carbonyl (C=O) groups is 1. The number of nitrogens with one attached hydrogen (secondary N) is 2. The molecule has 1 amide bonds. The van der Waals surface area contributed by atoms with Gasteiger partial charge in [-0.25, -0.2) is 4.68 Å². The molecule has 2 rings (SSSR count). The number of hydrogen-bond donors (Lipinski definition) is 2. The van der Waals surface area contributed by atoms with Crippen molar-refractivity contribution < 1.29 is 4.79 Å². The van der Waals surface area contributed by atoms with Gasteiger partial charge in [0, 0.05) is 24.3 Å². The number of carbonyl (C=O) groups excluding carboxylic acids is 1. The number of hydrogen-bond acceptors (Lipinski definition) is 3. The van der Waals surface area contributed by atoms with Crippen LogP contribution in [-0.4, -0.2) is 34.8 Å². The monoisotopic (exact) mass is 322 g/mol. The second-order valence-electron chi connectivity index (χ2n) is 5.18. The smallest absolute Gasteiger partial charge is 0.251 e. The molecule has 1 heterocycles. The fraction of sp³-hybridized carbons (Fsp3) is 0.375. The molecule has 1 atom stereocenters. The van der Waals surface area contributed by atoms with Crippen molar-refractivity contribution in [2.75, 3.05) is 13.1 Å². The second kappa shape index (κ2) is 8.56. The molecule has 0 aliphatic heterocycles. The highest BCUT2D eigenvalue weighted by atomic mass is 35.5. The molecule has 6 heteroatoms. The van der Waals surface area contributed by atoms with Gasteiger partial charge in [0.2, 0.25) is 0 Å². The summed E-state index contributed by atoms with van der Waals surface area (Å²) in [5.41, 5.74) is 2.71. The summed E-state index contributed by atoms with van der Waals surface area (Å²) < 4.78 is 1.80. The molecule has 0 bridgehead atoms. The van der Waals surface area contributed by atoms with Crippen LogP contribution in [0.15, 0.2) is 36.7 Å². The Bertz CT molecular complexity index is 594. The summed E-state index contributed by atoms with van der Waals surface area (Å²) >= 11 is 0. The van der Waals surface area contributed by atoms with E-state index in [4.69, 9.17) is 0 Å². The normalized spacial score (nSPS) is 11.6. The lowest BCUT2D eigenvalue weighted by Crippen LogP contribution is -2.38. The fourth-order valence-corrected chi connectivity index (χ4v) is 2.09. The number of rotatable bonds is 6. The third-order valence-corrected chi connectivity index (χ3v) is 3.23. The summed E-state index contributed by atoms with van der Waals surface area (Å²) in [6, 6.07) is 7.70. The van der Waals surface area contributed by atoms with Crippen molar-refractivity contribution in [3.63, 3.8) is 0 Å². The minimum Gasteiger partial charge on any atom is -0.350 e. The molecular formula is C16H23ClN4O. The summed E-state index contributed by atoms with van der Waals surface area (Å²) in [6.45, 7) is 7.61. The topological polar surface area (TPSA) is 58.9 Å². The average Bonchev–Trinajstić information content (AvgIpc) is 2.92. The third-order valence-electron chi connectivity index (χ3n) is 3.23. The Labute approximate surface area is 137 Å². The molecule has 2 aromatic rings. The van der Waals surface area contributed by atoms with E-state index >= 15 is 0 Å². The summed E-state index contributed by atoms with van der Waals surface area (Å²) in [7, 11) is 0. The lowest BCUT2D eigenvalue weighted by molar-refractivity contribution is 0.0950. The van der Waals surface area contributed by atoms with Crippen molar-refractivity contribution in [1.29, 1.82) is 0 Å². The highest BCUT2D eigenvalue weighted by Crippen LogP contribution is 2.10. The minimum atomic E-state index is -0.0528. The van der Waals surface area contributed by atoms with Crippen LogP contribution in [-0.2, 0) is 0 Å². The Morgan fingerprint density at radius 3 is 2.55 bits per heavy atom. The summed E-state index contributed by atoms with van der Waals surface area (Å²) in [6.07, 6.45) is 3.76. The zero-order valence-electron chi connectivity index (χ0n) is 13.2. The van der Waals surface area contributed by atoms with Crippen LogP contribution in [0, 0.1) is 6.92 Å². The first-order valence-corrected chi connectivity index (χ1v) is 7.23. The van der Waals surface area contributed by atoms with Crippen molar-refractivity contribution in [3.8, 4) is 5.69 Å². The number of nitrogens with zero attached hydrogens (tertiary/aromatic N) is 2. The van der Waals surface area contributed by atoms with E-state index in [1.54, 1.807) is 4.68 Å². The number of halogens is 1. The Hall–Kier alpha value is -1.85. The van der Waals surface area contributed by atoms with Crippen LogP contribution in [0.4, 0.5) is 0 Å². The molecule has 0 radical (unpaired) electrons. The number of benzene rings is 1. The second-order valence-corrected chi connectivity index (χ2v) is 5.18.